The van der Waals surface area contributed by atoms with Crippen molar-refractivity contribution in [1.82, 2.24) is 20.2 Å². The van der Waals surface area contributed by atoms with Gasteiger partial charge in [0.15, 0.2) is 12.4 Å². The van der Waals surface area contributed by atoms with E-state index in [1.165, 1.54) is 30.5 Å². The van der Waals surface area contributed by atoms with Crippen molar-refractivity contribution in [3.63, 3.8) is 0 Å². The number of nitrogens with one attached hydrogen (secondary N) is 1. The number of aryl methyl sites for hydroxylation is 1. The maximum absolute atomic E-state index is 13.0. The average molecular weight is 448 g/mol. The third-order valence-electron chi connectivity index (χ3n) is 5.59. The lowest BCUT2D eigenvalue weighted by molar-refractivity contribution is -0.134. The van der Waals surface area contributed by atoms with E-state index in [9.17, 15) is 14.0 Å². The number of halogens is 1. The highest BCUT2D eigenvalue weighted by molar-refractivity contribution is 5.94. The van der Waals surface area contributed by atoms with Gasteiger partial charge in [0.05, 0.1) is 17.3 Å². The number of carbonyl (C=O) groups is 2. The van der Waals surface area contributed by atoms with E-state index in [2.05, 4.69) is 15.3 Å². The number of aromatic nitrogens is 2. The van der Waals surface area contributed by atoms with Crippen molar-refractivity contribution in [2.45, 2.75) is 32.4 Å². The van der Waals surface area contributed by atoms with Crippen LogP contribution >= 0.6 is 0 Å². The number of likely N-dealkylation sites (tertiary alicyclic amines) is 1. The topological polar surface area (TPSA) is 84.4 Å². The largest absolute Gasteiger partial charge is 0.484 e. The lowest BCUT2D eigenvalue weighted by Crippen LogP contribution is -2.35. The normalized spacial score (nSPS) is 15.3. The Morgan fingerprint density at radius 2 is 1.91 bits per heavy atom. The predicted octanol–water partition coefficient (Wildman–Crippen LogP) is 3.60. The molecular formula is C25H25FN4O3. The van der Waals surface area contributed by atoms with Crippen LogP contribution in [0.1, 0.15) is 46.3 Å². The maximum Gasteiger partial charge on any atom is 0.261 e. The van der Waals surface area contributed by atoms with Gasteiger partial charge in [-0.15, -0.1) is 0 Å². The monoisotopic (exact) mass is 448 g/mol. The molecule has 4 rings (SSSR count). The van der Waals surface area contributed by atoms with Crippen LogP contribution in [0.25, 0.3) is 0 Å². The minimum absolute atomic E-state index is 0.152. The van der Waals surface area contributed by atoms with E-state index in [0.717, 1.165) is 18.4 Å². The molecule has 0 spiro atoms. The fourth-order valence-electron chi connectivity index (χ4n) is 3.83. The summed E-state index contributed by atoms with van der Waals surface area (Å²) < 4.78 is 18.5. The summed E-state index contributed by atoms with van der Waals surface area (Å²) in [6, 6.07) is 14.9. The molecule has 1 fully saturated rings. The van der Waals surface area contributed by atoms with Gasteiger partial charge in [-0.25, -0.2) is 14.4 Å². The van der Waals surface area contributed by atoms with E-state index in [0.29, 0.717) is 35.9 Å². The van der Waals surface area contributed by atoms with Crippen molar-refractivity contribution in [2.75, 3.05) is 13.2 Å². The van der Waals surface area contributed by atoms with Crippen LogP contribution in [-0.2, 0) is 11.3 Å². The number of nitrogens with zero attached hydrogens (tertiary/aromatic N) is 3. The third-order valence-corrected chi connectivity index (χ3v) is 5.59. The van der Waals surface area contributed by atoms with Gasteiger partial charge in [0.1, 0.15) is 11.6 Å². The highest BCUT2D eigenvalue weighted by atomic mass is 19.1. The number of hydrogen-bond donors (Lipinski definition) is 1. The quantitative estimate of drug-likeness (QED) is 0.597. The van der Waals surface area contributed by atoms with Crippen molar-refractivity contribution in [2.24, 2.45) is 0 Å². The summed E-state index contributed by atoms with van der Waals surface area (Å²) >= 11 is 0. The lowest BCUT2D eigenvalue weighted by Gasteiger charge is -2.24. The molecule has 2 aromatic carbocycles. The lowest BCUT2D eigenvalue weighted by atomic mass is 10.1. The van der Waals surface area contributed by atoms with E-state index in [-0.39, 0.29) is 30.3 Å². The Balaban J connectivity index is 1.39. The van der Waals surface area contributed by atoms with Gasteiger partial charge in [-0.2, -0.15) is 0 Å². The number of rotatable bonds is 7. The van der Waals surface area contributed by atoms with Crippen LogP contribution in [0.3, 0.4) is 0 Å². The summed E-state index contributed by atoms with van der Waals surface area (Å²) in [7, 11) is 0. The van der Waals surface area contributed by atoms with Gasteiger partial charge < -0.3 is 15.0 Å². The van der Waals surface area contributed by atoms with Gasteiger partial charge in [0.25, 0.3) is 11.8 Å². The van der Waals surface area contributed by atoms with E-state index >= 15 is 0 Å². The Kier molecular flexibility index (Phi) is 6.92. The van der Waals surface area contributed by atoms with Crippen LogP contribution in [-0.4, -0.2) is 39.8 Å². The third kappa shape index (κ3) is 5.52. The SMILES string of the molecule is Cc1nc([C@H]2CCCN2C(=O)COc2ccc(F)cc2)ncc1C(=O)NCc1ccccc1. The molecule has 1 N–H and O–H groups in total. The molecule has 1 saturated heterocycles. The second-order valence-corrected chi connectivity index (χ2v) is 7.88. The van der Waals surface area contributed by atoms with Gasteiger partial charge >= 0.3 is 0 Å². The first kappa shape index (κ1) is 22.4. The number of hydrogen-bond acceptors (Lipinski definition) is 5. The Morgan fingerprint density at radius 1 is 1.15 bits per heavy atom. The molecule has 0 saturated carbocycles. The summed E-state index contributed by atoms with van der Waals surface area (Å²) in [5.41, 5.74) is 1.97. The summed E-state index contributed by atoms with van der Waals surface area (Å²) in [5.74, 6) is 0.152. The average Bonchev–Trinajstić information content (AvgIpc) is 3.33. The first-order valence-corrected chi connectivity index (χ1v) is 10.8. The molecule has 0 unspecified atom stereocenters. The molecule has 1 aliphatic heterocycles. The summed E-state index contributed by atoms with van der Waals surface area (Å²) in [4.78, 5) is 36.0. The van der Waals surface area contributed by atoms with Crippen LogP contribution in [0.5, 0.6) is 5.75 Å². The van der Waals surface area contributed by atoms with Crippen molar-refractivity contribution in [1.29, 1.82) is 0 Å². The zero-order chi connectivity index (χ0) is 23.2. The van der Waals surface area contributed by atoms with Crippen LogP contribution < -0.4 is 10.1 Å². The minimum Gasteiger partial charge on any atom is -0.484 e. The smallest absolute Gasteiger partial charge is 0.261 e. The van der Waals surface area contributed by atoms with Crippen LogP contribution in [0, 0.1) is 12.7 Å². The molecule has 0 radical (unpaired) electrons. The number of amides is 2. The Labute approximate surface area is 191 Å². The molecule has 1 aromatic heterocycles. The van der Waals surface area contributed by atoms with Gasteiger partial charge in [0.2, 0.25) is 0 Å². The molecule has 7 nitrogen and oxygen atoms in total. The zero-order valence-corrected chi connectivity index (χ0v) is 18.3. The van der Waals surface area contributed by atoms with E-state index in [1.807, 2.05) is 30.3 Å². The molecule has 1 aliphatic rings. The minimum atomic E-state index is -0.363. The highest BCUT2D eigenvalue weighted by Crippen LogP contribution is 2.30. The van der Waals surface area contributed by atoms with Crippen molar-refractivity contribution in [3.05, 3.63) is 89.3 Å². The van der Waals surface area contributed by atoms with Crippen LogP contribution in [0.2, 0.25) is 0 Å². The Bertz CT molecular complexity index is 1120. The summed E-state index contributed by atoms with van der Waals surface area (Å²) in [6.07, 6.45) is 3.09. The van der Waals surface area contributed by atoms with E-state index in [4.69, 9.17) is 4.74 Å². The van der Waals surface area contributed by atoms with E-state index in [1.54, 1.807) is 11.8 Å². The van der Waals surface area contributed by atoms with Crippen molar-refractivity contribution < 1.29 is 18.7 Å². The molecule has 1 atom stereocenters. The van der Waals surface area contributed by atoms with Gasteiger partial charge in [-0.3, -0.25) is 9.59 Å². The van der Waals surface area contributed by atoms with Crippen LogP contribution in [0.15, 0.2) is 60.8 Å². The van der Waals surface area contributed by atoms with Gasteiger partial charge in [-0.05, 0) is 49.6 Å². The first-order chi connectivity index (χ1) is 16.0. The molecule has 0 aliphatic carbocycles. The maximum atomic E-state index is 13.0. The second-order valence-electron chi connectivity index (χ2n) is 7.88. The molecule has 2 amide bonds. The predicted molar refractivity (Wildman–Crippen MR) is 120 cm³/mol. The standard InChI is InChI=1S/C25H25FN4O3/c1-17-21(25(32)28-14-18-6-3-2-4-7-18)15-27-24(29-17)22-8-5-13-30(22)23(31)16-33-20-11-9-19(26)10-12-20/h2-4,6-7,9-12,15,22H,5,8,13-14,16H2,1H3,(H,28,32)/t22-/m1/s1. The van der Waals surface area contributed by atoms with Crippen molar-refractivity contribution in [3.8, 4) is 5.75 Å². The molecule has 33 heavy (non-hydrogen) atoms. The number of ether oxygens (including phenoxy) is 1. The molecule has 2 heterocycles. The highest BCUT2D eigenvalue weighted by Gasteiger charge is 2.32. The molecule has 3 aromatic rings. The van der Waals surface area contributed by atoms with Crippen LogP contribution in [0.4, 0.5) is 4.39 Å². The summed E-state index contributed by atoms with van der Waals surface area (Å²) in [6.45, 7) is 2.61. The molecule has 170 valence electrons. The Hall–Kier alpha value is -3.81. The van der Waals surface area contributed by atoms with Gasteiger partial charge in [-0.1, -0.05) is 30.3 Å². The van der Waals surface area contributed by atoms with E-state index < -0.39 is 0 Å². The molecular weight excluding hydrogens is 423 g/mol. The molecule has 8 heteroatoms. The summed E-state index contributed by atoms with van der Waals surface area (Å²) in [5, 5.41) is 2.88. The first-order valence-electron chi connectivity index (χ1n) is 10.8. The molecule has 0 bridgehead atoms. The second kappa shape index (κ2) is 10.2. The zero-order valence-electron chi connectivity index (χ0n) is 18.3. The fraction of sp³-hybridized carbons (Fsp3) is 0.280. The van der Waals surface area contributed by atoms with Crippen molar-refractivity contribution >= 4 is 11.8 Å². The van der Waals surface area contributed by atoms with Gasteiger partial charge in [0, 0.05) is 19.3 Å². The Morgan fingerprint density at radius 3 is 2.64 bits per heavy atom. The fourth-order valence-corrected chi connectivity index (χ4v) is 3.83. The number of carbonyl (C=O) groups excluding carboxylic acids is 2. The number of benzene rings is 2.